The predicted molar refractivity (Wildman–Crippen MR) is 69.4 cm³/mol. The van der Waals surface area contributed by atoms with Crippen LogP contribution in [0.15, 0.2) is 0 Å². The second kappa shape index (κ2) is 4.66. The Balaban J connectivity index is 1.88. The SMILES string of the molecule is CC1CCCCC1N(C)CC(C)(N)C1CC1. The summed E-state index contributed by atoms with van der Waals surface area (Å²) in [6.45, 7) is 5.73. The molecule has 0 bridgehead atoms. The first-order valence-electron chi connectivity index (χ1n) is 7.00. The van der Waals surface area contributed by atoms with E-state index in [-0.39, 0.29) is 5.54 Å². The van der Waals surface area contributed by atoms with Gasteiger partial charge in [0.05, 0.1) is 0 Å². The molecule has 2 N–H and O–H groups in total. The van der Waals surface area contributed by atoms with Gasteiger partial charge in [0.25, 0.3) is 0 Å². The van der Waals surface area contributed by atoms with Crippen molar-refractivity contribution < 1.29 is 0 Å². The van der Waals surface area contributed by atoms with Gasteiger partial charge in [-0.1, -0.05) is 19.8 Å². The van der Waals surface area contributed by atoms with Crippen LogP contribution in [0.3, 0.4) is 0 Å². The summed E-state index contributed by atoms with van der Waals surface area (Å²) in [7, 11) is 2.28. The fourth-order valence-electron chi connectivity index (χ4n) is 3.48. The first-order valence-corrected chi connectivity index (χ1v) is 7.00. The van der Waals surface area contributed by atoms with Crippen molar-refractivity contribution in [1.29, 1.82) is 0 Å². The van der Waals surface area contributed by atoms with Crippen LogP contribution in [0.5, 0.6) is 0 Å². The zero-order valence-corrected chi connectivity index (χ0v) is 11.2. The molecule has 2 nitrogen and oxygen atoms in total. The second-order valence-corrected chi connectivity index (χ2v) is 6.52. The van der Waals surface area contributed by atoms with Gasteiger partial charge in [0.15, 0.2) is 0 Å². The molecule has 2 aliphatic rings. The van der Waals surface area contributed by atoms with Gasteiger partial charge in [-0.05, 0) is 51.5 Å². The molecule has 2 aliphatic carbocycles. The third kappa shape index (κ3) is 2.78. The highest BCUT2D eigenvalue weighted by Gasteiger charge is 2.40. The molecule has 3 unspecified atom stereocenters. The summed E-state index contributed by atoms with van der Waals surface area (Å²) in [5.74, 6) is 1.64. The van der Waals surface area contributed by atoms with Crippen LogP contribution in [-0.2, 0) is 0 Å². The largest absolute Gasteiger partial charge is 0.324 e. The van der Waals surface area contributed by atoms with E-state index in [4.69, 9.17) is 5.73 Å². The van der Waals surface area contributed by atoms with E-state index in [1.54, 1.807) is 0 Å². The molecule has 0 aliphatic heterocycles. The second-order valence-electron chi connectivity index (χ2n) is 6.52. The summed E-state index contributed by atoms with van der Waals surface area (Å²) in [5, 5.41) is 0. The standard InChI is InChI=1S/C14H28N2/c1-11-6-4-5-7-13(11)16(3)10-14(2,15)12-8-9-12/h11-13H,4-10,15H2,1-3H3. The zero-order chi connectivity index (χ0) is 11.8. The van der Waals surface area contributed by atoms with Crippen molar-refractivity contribution in [2.24, 2.45) is 17.6 Å². The number of nitrogens with zero attached hydrogens (tertiary/aromatic N) is 1. The lowest BCUT2D eigenvalue weighted by Gasteiger charge is -2.40. The van der Waals surface area contributed by atoms with Crippen LogP contribution in [0, 0.1) is 11.8 Å². The molecule has 0 aromatic heterocycles. The molecule has 94 valence electrons. The highest BCUT2D eigenvalue weighted by Crippen LogP contribution is 2.39. The minimum absolute atomic E-state index is 0.0475. The first kappa shape index (κ1) is 12.4. The summed E-state index contributed by atoms with van der Waals surface area (Å²) in [5.41, 5.74) is 6.48. The minimum Gasteiger partial charge on any atom is -0.324 e. The van der Waals surface area contributed by atoms with Gasteiger partial charge in [-0.3, -0.25) is 0 Å². The van der Waals surface area contributed by atoms with Crippen LogP contribution in [-0.4, -0.2) is 30.1 Å². The van der Waals surface area contributed by atoms with Gasteiger partial charge in [-0.2, -0.15) is 0 Å². The Morgan fingerprint density at radius 2 is 1.81 bits per heavy atom. The van der Waals surface area contributed by atoms with Crippen LogP contribution < -0.4 is 5.73 Å². The molecule has 0 radical (unpaired) electrons. The third-order valence-electron chi connectivity index (χ3n) is 4.73. The van der Waals surface area contributed by atoms with Gasteiger partial charge in [-0.25, -0.2) is 0 Å². The van der Waals surface area contributed by atoms with Crippen molar-refractivity contribution in [2.45, 2.75) is 64.0 Å². The van der Waals surface area contributed by atoms with Crippen molar-refractivity contribution >= 4 is 0 Å². The highest BCUT2D eigenvalue weighted by atomic mass is 15.2. The summed E-state index contributed by atoms with van der Waals surface area (Å²) in [4.78, 5) is 2.54. The van der Waals surface area contributed by atoms with E-state index in [0.29, 0.717) is 0 Å². The quantitative estimate of drug-likeness (QED) is 0.795. The maximum Gasteiger partial charge on any atom is 0.0283 e. The third-order valence-corrected chi connectivity index (χ3v) is 4.73. The first-order chi connectivity index (χ1) is 7.50. The number of rotatable bonds is 4. The molecule has 0 amide bonds. The van der Waals surface area contributed by atoms with E-state index in [0.717, 1.165) is 24.4 Å². The smallest absolute Gasteiger partial charge is 0.0283 e. The maximum atomic E-state index is 6.43. The lowest BCUT2D eigenvalue weighted by molar-refractivity contribution is 0.111. The Morgan fingerprint density at radius 3 is 2.38 bits per heavy atom. The molecule has 0 heterocycles. The van der Waals surface area contributed by atoms with Gasteiger partial charge in [-0.15, -0.1) is 0 Å². The van der Waals surface area contributed by atoms with Crippen LogP contribution in [0.1, 0.15) is 52.4 Å². The number of hydrogen-bond donors (Lipinski definition) is 1. The molecule has 3 atom stereocenters. The fourth-order valence-corrected chi connectivity index (χ4v) is 3.48. The monoisotopic (exact) mass is 224 g/mol. The maximum absolute atomic E-state index is 6.43. The molecular weight excluding hydrogens is 196 g/mol. The van der Waals surface area contributed by atoms with Crippen LogP contribution in [0.25, 0.3) is 0 Å². The lowest BCUT2D eigenvalue weighted by Crippen LogP contribution is -2.52. The number of likely N-dealkylation sites (N-methyl/N-ethyl adjacent to an activating group) is 1. The van der Waals surface area contributed by atoms with Gasteiger partial charge in [0.2, 0.25) is 0 Å². The van der Waals surface area contributed by atoms with Crippen molar-refractivity contribution in [3.8, 4) is 0 Å². The van der Waals surface area contributed by atoms with E-state index in [2.05, 4.69) is 25.8 Å². The molecule has 16 heavy (non-hydrogen) atoms. The molecule has 0 aromatic rings. The van der Waals surface area contributed by atoms with Gasteiger partial charge in [0, 0.05) is 18.1 Å². The molecular formula is C14H28N2. The van der Waals surface area contributed by atoms with Crippen molar-refractivity contribution in [1.82, 2.24) is 4.90 Å². The highest BCUT2D eigenvalue weighted by molar-refractivity contribution is 4.98. The molecule has 2 heteroatoms. The normalized spacial score (nSPS) is 35.1. The zero-order valence-electron chi connectivity index (χ0n) is 11.2. The number of hydrogen-bond acceptors (Lipinski definition) is 2. The lowest BCUT2D eigenvalue weighted by atomic mass is 9.84. The fraction of sp³-hybridized carbons (Fsp3) is 1.00. The summed E-state index contributed by atoms with van der Waals surface area (Å²) < 4.78 is 0. The predicted octanol–water partition coefficient (Wildman–Crippen LogP) is 2.62. The number of nitrogens with two attached hydrogens (primary N) is 1. The Morgan fingerprint density at radius 1 is 1.19 bits per heavy atom. The Hall–Kier alpha value is -0.0800. The van der Waals surface area contributed by atoms with Crippen molar-refractivity contribution in [3.05, 3.63) is 0 Å². The summed E-state index contributed by atoms with van der Waals surface area (Å²) >= 11 is 0. The van der Waals surface area contributed by atoms with Crippen LogP contribution >= 0.6 is 0 Å². The van der Waals surface area contributed by atoms with Crippen molar-refractivity contribution in [3.63, 3.8) is 0 Å². The molecule has 2 saturated carbocycles. The van der Waals surface area contributed by atoms with E-state index in [1.807, 2.05) is 0 Å². The average Bonchev–Trinajstić information content (AvgIpc) is 3.00. The van der Waals surface area contributed by atoms with E-state index >= 15 is 0 Å². The van der Waals surface area contributed by atoms with Crippen LogP contribution in [0.4, 0.5) is 0 Å². The molecule has 0 aromatic carbocycles. The molecule has 0 saturated heterocycles. The minimum atomic E-state index is 0.0475. The Labute approximate surface area is 101 Å². The summed E-state index contributed by atoms with van der Waals surface area (Å²) in [6, 6.07) is 0.773. The average molecular weight is 224 g/mol. The Bertz CT molecular complexity index is 233. The Kier molecular flexibility index (Phi) is 3.60. The topological polar surface area (TPSA) is 29.3 Å². The molecule has 0 spiro atoms. The molecule has 2 rings (SSSR count). The van der Waals surface area contributed by atoms with Crippen LogP contribution in [0.2, 0.25) is 0 Å². The van der Waals surface area contributed by atoms with E-state index in [9.17, 15) is 0 Å². The van der Waals surface area contributed by atoms with E-state index < -0.39 is 0 Å². The summed E-state index contributed by atoms with van der Waals surface area (Å²) in [6.07, 6.45) is 8.30. The molecule has 2 fully saturated rings. The van der Waals surface area contributed by atoms with E-state index in [1.165, 1.54) is 38.5 Å². The van der Waals surface area contributed by atoms with Gasteiger partial charge < -0.3 is 10.6 Å². The van der Waals surface area contributed by atoms with Crippen molar-refractivity contribution in [2.75, 3.05) is 13.6 Å². The van der Waals surface area contributed by atoms with Gasteiger partial charge in [0.1, 0.15) is 0 Å². The van der Waals surface area contributed by atoms with Gasteiger partial charge >= 0.3 is 0 Å².